The molecule has 1 fully saturated rings. The summed E-state index contributed by atoms with van der Waals surface area (Å²) in [5.74, 6) is 1.05. The Morgan fingerprint density at radius 1 is 1.35 bits per heavy atom. The predicted molar refractivity (Wildman–Crippen MR) is 67.1 cm³/mol. The highest BCUT2D eigenvalue weighted by Crippen LogP contribution is 2.28. The van der Waals surface area contributed by atoms with Crippen LogP contribution in [0.15, 0.2) is 24.3 Å². The number of amides is 1. The quantitative estimate of drug-likeness (QED) is 0.866. The van der Waals surface area contributed by atoms with Crippen molar-refractivity contribution in [3.05, 3.63) is 29.8 Å². The second kappa shape index (κ2) is 4.78. The number of carbonyl (C=O) groups excluding carboxylic acids is 1. The first-order valence-corrected chi connectivity index (χ1v) is 6.11. The standard InChI is InChI=1S/C14H19NO2/c1-3-14(9-8-13(16)15-14)10-11-4-6-12(17-2)7-5-11/h4-7H,3,8-10H2,1-2H3,(H,15,16). The van der Waals surface area contributed by atoms with Gasteiger partial charge in [-0.25, -0.2) is 0 Å². The molecule has 1 aromatic carbocycles. The Morgan fingerprint density at radius 3 is 2.53 bits per heavy atom. The molecule has 1 unspecified atom stereocenters. The smallest absolute Gasteiger partial charge is 0.220 e. The van der Waals surface area contributed by atoms with E-state index in [0.717, 1.165) is 25.0 Å². The van der Waals surface area contributed by atoms with E-state index < -0.39 is 0 Å². The topological polar surface area (TPSA) is 38.3 Å². The van der Waals surface area contributed by atoms with Crippen LogP contribution < -0.4 is 10.1 Å². The van der Waals surface area contributed by atoms with Crippen molar-refractivity contribution in [3.8, 4) is 5.75 Å². The van der Waals surface area contributed by atoms with E-state index in [4.69, 9.17) is 4.74 Å². The summed E-state index contributed by atoms with van der Waals surface area (Å²) in [6.07, 6.45) is 3.47. The van der Waals surface area contributed by atoms with Gasteiger partial charge in [-0.2, -0.15) is 0 Å². The number of ether oxygens (including phenoxy) is 1. The van der Waals surface area contributed by atoms with Gasteiger partial charge >= 0.3 is 0 Å². The Kier molecular flexibility index (Phi) is 3.36. The van der Waals surface area contributed by atoms with Crippen molar-refractivity contribution in [3.63, 3.8) is 0 Å². The molecule has 0 spiro atoms. The molecule has 0 bridgehead atoms. The molecule has 0 aromatic heterocycles. The predicted octanol–water partition coefficient (Wildman–Crippen LogP) is 2.30. The zero-order valence-corrected chi connectivity index (χ0v) is 10.5. The van der Waals surface area contributed by atoms with Gasteiger partial charge < -0.3 is 10.1 Å². The van der Waals surface area contributed by atoms with Crippen LogP contribution in [-0.4, -0.2) is 18.6 Å². The first kappa shape index (κ1) is 12.0. The molecule has 1 heterocycles. The lowest BCUT2D eigenvalue weighted by atomic mass is 9.87. The minimum Gasteiger partial charge on any atom is -0.497 e. The Morgan fingerprint density at radius 2 is 2.06 bits per heavy atom. The van der Waals surface area contributed by atoms with Crippen LogP contribution in [0.25, 0.3) is 0 Å². The van der Waals surface area contributed by atoms with Crippen LogP contribution in [0, 0.1) is 0 Å². The maximum atomic E-state index is 11.4. The minimum absolute atomic E-state index is 0.0360. The van der Waals surface area contributed by atoms with E-state index in [1.165, 1.54) is 5.56 Å². The Balaban J connectivity index is 2.10. The van der Waals surface area contributed by atoms with Gasteiger partial charge in [0.15, 0.2) is 0 Å². The SMILES string of the molecule is CCC1(Cc2ccc(OC)cc2)CCC(=O)N1. The van der Waals surface area contributed by atoms with Crippen LogP contribution in [-0.2, 0) is 11.2 Å². The fourth-order valence-electron chi connectivity index (χ4n) is 2.43. The van der Waals surface area contributed by atoms with Crippen molar-refractivity contribution in [1.29, 1.82) is 0 Å². The molecule has 0 saturated carbocycles. The summed E-state index contributed by atoms with van der Waals surface area (Å²) in [5, 5.41) is 3.12. The van der Waals surface area contributed by atoms with Crippen LogP contribution in [0.2, 0.25) is 0 Å². The third-order valence-corrected chi connectivity index (χ3v) is 3.61. The molecule has 1 atom stereocenters. The fourth-order valence-corrected chi connectivity index (χ4v) is 2.43. The average Bonchev–Trinajstić information content (AvgIpc) is 2.72. The molecule has 1 aliphatic heterocycles. The Bertz CT molecular complexity index is 399. The fraction of sp³-hybridized carbons (Fsp3) is 0.500. The number of methoxy groups -OCH3 is 1. The van der Waals surface area contributed by atoms with Gasteiger partial charge in [0.25, 0.3) is 0 Å². The lowest BCUT2D eigenvalue weighted by molar-refractivity contribution is -0.119. The molecule has 2 rings (SSSR count). The lowest BCUT2D eigenvalue weighted by Gasteiger charge is -2.27. The van der Waals surface area contributed by atoms with Gasteiger partial charge in [-0.05, 0) is 37.0 Å². The summed E-state index contributed by atoms with van der Waals surface area (Å²) in [6.45, 7) is 2.13. The summed E-state index contributed by atoms with van der Waals surface area (Å²) in [5.41, 5.74) is 1.21. The Hall–Kier alpha value is -1.51. The number of hydrogen-bond donors (Lipinski definition) is 1. The van der Waals surface area contributed by atoms with Crippen molar-refractivity contribution >= 4 is 5.91 Å². The first-order chi connectivity index (χ1) is 8.17. The maximum absolute atomic E-state index is 11.4. The number of rotatable bonds is 4. The summed E-state index contributed by atoms with van der Waals surface area (Å²) in [4.78, 5) is 11.4. The molecule has 17 heavy (non-hydrogen) atoms. The largest absolute Gasteiger partial charge is 0.497 e. The second-order valence-corrected chi connectivity index (χ2v) is 4.71. The normalized spacial score (nSPS) is 23.5. The zero-order chi connectivity index (χ0) is 12.3. The molecule has 1 amide bonds. The third-order valence-electron chi connectivity index (χ3n) is 3.61. The van der Waals surface area contributed by atoms with Gasteiger partial charge in [-0.3, -0.25) is 4.79 Å². The van der Waals surface area contributed by atoms with Crippen molar-refractivity contribution in [2.45, 2.75) is 38.1 Å². The monoisotopic (exact) mass is 233 g/mol. The van der Waals surface area contributed by atoms with Gasteiger partial charge in [-0.1, -0.05) is 19.1 Å². The molecule has 1 N–H and O–H groups in total. The van der Waals surface area contributed by atoms with E-state index in [1.807, 2.05) is 12.1 Å². The highest BCUT2D eigenvalue weighted by Gasteiger charge is 2.35. The van der Waals surface area contributed by atoms with E-state index in [-0.39, 0.29) is 11.4 Å². The number of benzene rings is 1. The summed E-state index contributed by atoms with van der Waals surface area (Å²) >= 11 is 0. The Labute approximate surface area is 102 Å². The van der Waals surface area contributed by atoms with Crippen molar-refractivity contribution < 1.29 is 9.53 Å². The second-order valence-electron chi connectivity index (χ2n) is 4.71. The molecule has 1 aliphatic rings. The minimum atomic E-state index is -0.0360. The molecular weight excluding hydrogens is 214 g/mol. The van der Waals surface area contributed by atoms with E-state index >= 15 is 0 Å². The van der Waals surface area contributed by atoms with Crippen LogP contribution in [0.5, 0.6) is 5.75 Å². The van der Waals surface area contributed by atoms with Crippen LogP contribution in [0.3, 0.4) is 0 Å². The van der Waals surface area contributed by atoms with Crippen LogP contribution in [0.1, 0.15) is 31.7 Å². The van der Waals surface area contributed by atoms with Gasteiger partial charge in [0.05, 0.1) is 7.11 Å². The molecular formula is C14H19NO2. The van der Waals surface area contributed by atoms with Crippen molar-refractivity contribution in [2.75, 3.05) is 7.11 Å². The molecule has 92 valence electrons. The van der Waals surface area contributed by atoms with Gasteiger partial charge in [-0.15, -0.1) is 0 Å². The highest BCUT2D eigenvalue weighted by molar-refractivity contribution is 5.79. The van der Waals surface area contributed by atoms with E-state index in [1.54, 1.807) is 7.11 Å². The maximum Gasteiger partial charge on any atom is 0.220 e. The number of hydrogen-bond acceptors (Lipinski definition) is 2. The number of nitrogens with one attached hydrogen (secondary N) is 1. The number of carbonyl (C=O) groups is 1. The highest BCUT2D eigenvalue weighted by atomic mass is 16.5. The van der Waals surface area contributed by atoms with Crippen LogP contribution in [0.4, 0.5) is 0 Å². The van der Waals surface area contributed by atoms with Gasteiger partial charge in [0.1, 0.15) is 5.75 Å². The average molecular weight is 233 g/mol. The molecule has 3 heteroatoms. The summed E-state index contributed by atoms with van der Waals surface area (Å²) in [7, 11) is 1.67. The lowest BCUT2D eigenvalue weighted by Crippen LogP contribution is -2.42. The summed E-state index contributed by atoms with van der Waals surface area (Å²) in [6, 6.07) is 8.08. The van der Waals surface area contributed by atoms with Gasteiger partial charge in [0.2, 0.25) is 5.91 Å². The molecule has 3 nitrogen and oxygen atoms in total. The van der Waals surface area contributed by atoms with E-state index in [0.29, 0.717) is 6.42 Å². The van der Waals surface area contributed by atoms with Crippen molar-refractivity contribution in [2.24, 2.45) is 0 Å². The van der Waals surface area contributed by atoms with Crippen molar-refractivity contribution in [1.82, 2.24) is 5.32 Å². The molecule has 0 aliphatic carbocycles. The third kappa shape index (κ3) is 2.60. The first-order valence-electron chi connectivity index (χ1n) is 6.11. The zero-order valence-electron chi connectivity index (χ0n) is 10.5. The van der Waals surface area contributed by atoms with E-state index in [9.17, 15) is 4.79 Å². The van der Waals surface area contributed by atoms with Gasteiger partial charge in [0, 0.05) is 12.0 Å². The molecule has 0 radical (unpaired) electrons. The summed E-state index contributed by atoms with van der Waals surface area (Å²) < 4.78 is 5.14. The molecule has 1 aromatic rings. The van der Waals surface area contributed by atoms with Crippen LogP contribution >= 0.6 is 0 Å². The van der Waals surface area contributed by atoms with E-state index in [2.05, 4.69) is 24.4 Å². The molecule has 1 saturated heterocycles.